The maximum absolute atomic E-state index is 13.7. The molecule has 1 saturated carbocycles. The number of aliphatic hydroxyl groups is 1. The molecule has 0 aromatic carbocycles. The van der Waals surface area contributed by atoms with Crippen molar-refractivity contribution in [3.05, 3.63) is 23.8 Å². The maximum atomic E-state index is 13.7. The van der Waals surface area contributed by atoms with E-state index in [1.54, 1.807) is 0 Å². The van der Waals surface area contributed by atoms with Gasteiger partial charge in [0.1, 0.15) is 6.10 Å². The number of hydrogen-bond donors (Lipinski definition) is 1. The lowest BCUT2D eigenvalue weighted by molar-refractivity contribution is -0.151. The van der Waals surface area contributed by atoms with Crippen LogP contribution >= 0.6 is 0 Å². The maximum Gasteiger partial charge on any atom is 0.306 e. The van der Waals surface area contributed by atoms with Gasteiger partial charge < -0.3 is 14.3 Å². The highest BCUT2D eigenvalue weighted by atomic mass is 28.4. The van der Waals surface area contributed by atoms with Gasteiger partial charge in [0, 0.05) is 17.9 Å². The number of ketones is 1. The zero-order valence-corrected chi connectivity index (χ0v) is 24.5. The highest BCUT2D eigenvalue weighted by Gasteiger charge is 2.51. The Kier molecular flexibility index (Phi) is 8.10. The minimum Gasteiger partial charge on any atom is -0.462 e. The monoisotopic (exact) mass is 516 g/mol. The number of aliphatic hydroxyl groups excluding tert-OH is 1. The van der Waals surface area contributed by atoms with E-state index in [2.05, 4.69) is 52.1 Å². The van der Waals surface area contributed by atoms with Crippen molar-refractivity contribution in [2.45, 2.75) is 116 Å². The van der Waals surface area contributed by atoms with E-state index in [0.717, 1.165) is 37.7 Å². The first kappa shape index (κ1) is 27.8. The summed E-state index contributed by atoms with van der Waals surface area (Å²) >= 11 is 0. The second kappa shape index (κ2) is 10.5. The van der Waals surface area contributed by atoms with E-state index in [0.29, 0.717) is 18.3 Å². The van der Waals surface area contributed by atoms with Gasteiger partial charge in [-0.1, -0.05) is 52.8 Å². The van der Waals surface area contributed by atoms with Crippen LogP contribution in [0, 0.1) is 35.5 Å². The molecule has 1 aliphatic heterocycles. The van der Waals surface area contributed by atoms with Gasteiger partial charge in [-0.3, -0.25) is 9.59 Å². The SMILES string of the molecule is CC[C@@H]1CCC[C@H](O)[C@H](C)C(=O)C2=C[C@@H]3[C@@H](C=C[C@@H]4C[C@@H](O[Si](C)(C)C(C)(C)C)C[C@@H]34)[C@@H]2CC(=O)O1. The Balaban J connectivity index is 1.59. The van der Waals surface area contributed by atoms with Crippen molar-refractivity contribution in [2.75, 3.05) is 0 Å². The van der Waals surface area contributed by atoms with Gasteiger partial charge in [0.05, 0.1) is 12.5 Å². The number of hydrogen-bond acceptors (Lipinski definition) is 5. The van der Waals surface area contributed by atoms with Gasteiger partial charge in [-0.15, -0.1) is 0 Å². The van der Waals surface area contributed by atoms with Crippen LogP contribution in [0.25, 0.3) is 0 Å². The minimum absolute atomic E-state index is 0.0133. The van der Waals surface area contributed by atoms with Crippen LogP contribution in [0.5, 0.6) is 0 Å². The third-order valence-corrected chi connectivity index (χ3v) is 14.6. The summed E-state index contributed by atoms with van der Waals surface area (Å²) in [5.41, 5.74) is 0.751. The van der Waals surface area contributed by atoms with Crippen LogP contribution in [-0.2, 0) is 18.8 Å². The van der Waals surface area contributed by atoms with E-state index in [4.69, 9.17) is 9.16 Å². The van der Waals surface area contributed by atoms with Crippen molar-refractivity contribution in [1.29, 1.82) is 0 Å². The van der Waals surface area contributed by atoms with Crippen molar-refractivity contribution < 1.29 is 23.9 Å². The lowest BCUT2D eigenvalue weighted by Gasteiger charge is -2.38. The normalized spacial score (nSPS) is 39.9. The van der Waals surface area contributed by atoms with Crippen molar-refractivity contribution in [2.24, 2.45) is 35.5 Å². The molecule has 5 nitrogen and oxygen atoms in total. The Morgan fingerprint density at radius 2 is 1.83 bits per heavy atom. The number of carbonyl (C=O) groups is 2. The number of rotatable bonds is 3. The summed E-state index contributed by atoms with van der Waals surface area (Å²) in [5, 5.41) is 11.0. The number of cyclic esters (lactones) is 1. The van der Waals surface area contributed by atoms with Crippen molar-refractivity contribution in [3.8, 4) is 0 Å². The third-order valence-electron chi connectivity index (χ3n) is 10.1. The van der Waals surface area contributed by atoms with Gasteiger partial charge in [0.15, 0.2) is 14.1 Å². The van der Waals surface area contributed by atoms with Crippen LogP contribution in [0.4, 0.5) is 0 Å². The standard InChI is InChI=1S/C30H48O5Si/c1-8-20-10-9-11-27(31)18(2)29(33)26-16-24-22(25(26)17-28(32)34-20)13-12-19-14-21(15-23(19)24)35-36(6,7)30(3,4)5/h12-13,16,18-25,27,31H,8-11,14-15,17H2,1-7H3/t18-,19+,20+,21+,22+,23+,24+,25-,27-/m0/s1. The quantitative estimate of drug-likeness (QED) is 0.274. The van der Waals surface area contributed by atoms with Crippen LogP contribution in [0.15, 0.2) is 23.8 Å². The lowest BCUT2D eigenvalue weighted by atomic mass is 9.70. The smallest absolute Gasteiger partial charge is 0.306 e. The minimum atomic E-state index is -1.86. The Hall–Kier alpha value is -1.24. The molecule has 202 valence electrons. The molecular weight excluding hydrogens is 468 g/mol. The number of allylic oxidation sites excluding steroid dienone is 4. The third kappa shape index (κ3) is 5.46. The van der Waals surface area contributed by atoms with Crippen LogP contribution < -0.4 is 0 Å². The fraction of sp³-hybridized carbons (Fsp3) is 0.800. The summed E-state index contributed by atoms with van der Waals surface area (Å²) in [6.07, 6.45) is 11.4. The molecule has 9 atom stereocenters. The fourth-order valence-corrected chi connectivity index (χ4v) is 8.16. The van der Waals surface area contributed by atoms with Crippen molar-refractivity contribution in [1.82, 2.24) is 0 Å². The van der Waals surface area contributed by atoms with E-state index in [1.807, 2.05) is 13.8 Å². The van der Waals surface area contributed by atoms with E-state index >= 15 is 0 Å². The molecule has 1 heterocycles. The van der Waals surface area contributed by atoms with Gasteiger partial charge in [-0.2, -0.15) is 0 Å². The molecule has 2 fully saturated rings. The Bertz CT molecular complexity index is 900. The van der Waals surface area contributed by atoms with Crippen LogP contribution in [0.3, 0.4) is 0 Å². The van der Waals surface area contributed by atoms with Crippen LogP contribution in [0.1, 0.15) is 79.6 Å². The van der Waals surface area contributed by atoms with Gasteiger partial charge in [0.2, 0.25) is 0 Å². The van der Waals surface area contributed by atoms with Crippen LogP contribution in [-0.4, -0.2) is 43.5 Å². The fourth-order valence-electron chi connectivity index (χ4n) is 6.78. The molecule has 4 aliphatic rings. The van der Waals surface area contributed by atoms with Gasteiger partial charge in [0.25, 0.3) is 0 Å². The largest absolute Gasteiger partial charge is 0.462 e. The van der Waals surface area contributed by atoms with Crippen LogP contribution in [0.2, 0.25) is 18.1 Å². The molecule has 0 aromatic rings. The zero-order valence-electron chi connectivity index (χ0n) is 23.5. The zero-order chi connectivity index (χ0) is 26.4. The second-order valence-electron chi connectivity index (χ2n) is 13.4. The van der Waals surface area contributed by atoms with E-state index in [1.165, 1.54) is 0 Å². The molecule has 0 spiro atoms. The van der Waals surface area contributed by atoms with Crippen molar-refractivity contribution in [3.63, 3.8) is 0 Å². The lowest BCUT2D eigenvalue weighted by Crippen LogP contribution is -2.43. The molecule has 6 heteroatoms. The Morgan fingerprint density at radius 1 is 1.11 bits per heavy atom. The molecule has 0 amide bonds. The molecule has 1 N–H and O–H groups in total. The summed E-state index contributed by atoms with van der Waals surface area (Å²) in [7, 11) is -1.86. The predicted octanol–water partition coefficient (Wildman–Crippen LogP) is 6.22. The highest BCUT2D eigenvalue weighted by Crippen LogP contribution is 2.54. The average molecular weight is 517 g/mol. The number of ether oxygens (including phenoxy) is 1. The average Bonchev–Trinajstić information content (AvgIpc) is 3.36. The number of carbonyl (C=O) groups excluding carboxylic acids is 2. The summed E-state index contributed by atoms with van der Waals surface area (Å²) in [5.74, 6) is 0.455. The van der Waals surface area contributed by atoms with Gasteiger partial charge >= 0.3 is 5.97 Å². The summed E-state index contributed by atoms with van der Waals surface area (Å²) in [4.78, 5) is 26.7. The molecule has 3 aliphatic carbocycles. The molecule has 0 aromatic heterocycles. The highest BCUT2D eigenvalue weighted by molar-refractivity contribution is 6.74. The Morgan fingerprint density at radius 3 is 2.50 bits per heavy atom. The molecule has 4 rings (SSSR count). The van der Waals surface area contributed by atoms with E-state index in [-0.39, 0.29) is 53.2 Å². The van der Waals surface area contributed by atoms with E-state index < -0.39 is 20.3 Å². The van der Waals surface area contributed by atoms with E-state index in [9.17, 15) is 14.7 Å². The number of Topliss-reactive ketones (excluding diaryl/α,β-unsaturated/α-hetero) is 1. The molecule has 36 heavy (non-hydrogen) atoms. The first-order valence-corrected chi connectivity index (χ1v) is 17.2. The number of esters is 1. The number of fused-ring (bicyclic) bond motifs is 5. The summed E-state index contributed by atoms with van der Waals surface area (Å²) < 4.78 is 12.7. The van der Waals surface area contributed by atoms with Gasteiger partial charge in [-0.05, 0) is 85.9 Å². The first-order chi connectivity index (χ1) is 16.8. The summed E-state index contributed by atoms with van der Waals surface area (Å²) in [6, 6.07) is 0. The second-order valence-corrected chi connectivity index (χ2v) is 18.2. The topological polar surface area (TPSA) is 72.8 Å². The summed E-state index contributed by atoms with van der Waals surface area (Å²) in [6.45, 7) is 15.4. The van der Waals surface area contributed by atoms with Crippen molar-refractivity contribution >= 4 is 20.1 Å². The van der Waals surface area contributed by atoms with Gasteiger partial charge in [-0.25, -0.2) is 0 Å². The predicted molar refractivity (Wildman–Crippen MR) is 145 cm³/mol. The molecule has 0 unspecified atom stereocenters. The first-order valence-electron chi connectivity index (χ1n) is 14.3. The molecule has 0 bridgehead atoms. The molecular formula is C30H48O5Si. The molecule has 1 saturated heterocycles. The molecule has 0 radical (unpaired) electrons. The Labute approximate surface area is 219 Å².